The monoisotopic (exact) mass is 469 g/mol. The van der Waals surface area contributed by atoms with Crippen LogP contribution in [0.5, 0.6) is 0 Å². The number of rotatable bonds is 8. The Morgan fingerprint density at radius 2 is 2.03 bits per heavy atom. The number of benzene rings is 1. The fourth-order valence-electron chi connectivity index (χ4n) is 4.37. The van der Waals surface area contributed by atoms with E-state index in [0.29, 0.717) is 17.0 Å². The van der Waals surface area contributed by atoms with E-state index in [1.54, 1.807) is 17.5 Å². The van der Waals surface area contributed by atoms with Crippen molar-refractivity contribution in [2.75, 3.05) is 30.3 Å². The topological polar surface area (TPSA) is 65.6 Å². The van der Waals surface area contributed by atoms with Crippen molar-refractivity contribution in [1.29, 1.82) is 0 Å². The van der Waals surface area contributed by atoms with Crippen molar-refractivity contribution in [3.05, 3.63) is 69.8 Å². The Labute approximate surface area is 198 Å². The fourth-order valence-corrected chi connectivity index (χ4v) is 5.21. The highest BCUT2D eigenvalue weighted by Gasteiger charge is 2.42. The molecule has 2 aromatic heterocycles. The maximum atomic E-state index is 5.92. The number of thiazole rings is 1. The molecule has 2 aliphatic rings. The molecule has 2 saturated heterocycles. The summed E-state index contributed by atoms with van der Waals surface area (Å²) < 4.78 is 5.91. The summed E-state index contributed by atoms with van der Waals surface area (Å²) in [5.41, 5.74) is 2.35. The number of nitrogens with one attached hydrogen (secondary N) is 2. The molecule has 0 saturated carbocycles. The zero-order valence-electron chi connectivity index (χ0n) is 18.1. The second-order valence-corrected chi connectivity index (χ2v) is 9.84. The minimum absolute atomic E-state index is 0.0252. The summed E-state index contributed by atoms with van der Waals surface area (Å²) in [5.74, 6) is 1.45. The first-order valence-corrected chi connectivity index (χ1v) is 12.4. The Balaban J connectivity index is 1.13. The van der Waals surface area contributed by atoms with Crippen LogP contribution in [0.2, 0.25) is 5.02 Å². The van der Waals surface area contributed by atoms with Crippen LogP contribution in [0.25, 0.3) is 0 Å². The molecule has 0 amide bonds. The van der Waals surface area contributed by atoms with E-state index in [2.05, 4.69) is 62.1 Å². The normalized spacial score (nSPS) is 22.4. The van der Waals surface area contributed by atoms with Crippen molar-refractivity contribution >= 4 is 34.4 Å². The molecule has 0 radical (unpaired) electrons. The van der Waals surface area contributed by atoms with Gasteiger partial charge in [0.05, 0.1) is 11.1 Å². The number of anilines is 2. The lowest BCUT2D eigenvalue weighted by atomic mass is 9.95. The van der Waals surface area contributed by atoms with E-state index >= 15 is 0 Å². The van der Waals surface area contributed by atoms with Crippen LogP contribution in [-0.2, 0) is 4.74 Å². The second kappa shape index (κ2) is 9.75. The van der Waals surface area contributed by atoms with Crippen LogP contribution in [0.1, 0.15) is 42.5 Å². The first-order chi connectivity index (χ1) is 15.7. The first-order valence-electron chi connectivity index (χ1n) is 11.2. The third kappa shape index (κ3) is 5.07. The molecule has 2 unspecified atom stereocenters. The number of para-hydroxylation sites is 1. The summed E-state index contributed by atoms with van der Waals surface area (Å²) in [4.78, 5) is 11.3. The zero-order chi connectivity index (χ0) is 21.9. The van der Waals surface area contributed by atoms with Crippen molar-refractivity contribution < 1.29 is 4.74 Å². The van der Waals surface area contributed by atoms with E-state index in [0.717, 1.165) is 31.1 Å². The van der Waals surface area contributed by atoms with E-state index in [-0.39, 0.29) is 12.3 Å². The number of pyridine rings is 1. The molecule has 0 bridgehead atoms. The summed E-state index contributed by atoms with van der Waals surface area (Å²) in [6, 6.07) is 12.5. The highest BCUT2D eigenvalue weighted by atomic mass is 35.5. The third-order valence-corrected chi connectivity index (χ3v) is 7.53. The number of epoxide rings is 1. The highest BCUT2D eigenvalue weighted by molar-refractivity contribution is 7.09. The summed E-state index contributed by atoms with van der Waals surface area (Å²) in [7, 11) is 0. The van der Waals surface area contributed by atoms with E-state index in [9.17, 15) is 0 Å². The van der Waals surface area contributed by atoms with Gasteiger partial charge in [0.2, 0.25) is 0 Å². The van der Waals surface area contributed by atoms with Crippen LogP contribution in [0.15, 0.2) is 54.2 Å². The van der Waals surface area contributed by atoms with Gasteiger partial charge in [-0.2, -0.15) is 0 Å². The number of hydrogen-bond donors (Lipinski definition) is 2. The minimum atomic E-state index is -0.0674. The molecule has 2 fully saturated rings. The Morgan fingerprint density at radius 1 is 1.19 bits per heavy atom. The Hall–Kier alpha value is -2.19. The van der Waals surface area contributed by atoms with Gasteiger partial charge in [-0.3, -0.25) is 4.90 Å². The van der Waals surface area contributed by atoms with Crippen molar-refractivity contribution in [1.82, 2.24) is 14.9 Å². The molecule has 3 aromatic rings. The Bertz CT molecular complexity index is 1010. The van der Waals surface area contributed by atoms with Gasteiger partial charge in [0, 0.05) is 35.6 Å². The van der Waals surface area contributed by atoms with Crippen molar-refractivity contribution in [2.45, 2.75) is 38.1 Å². The van der Waals surface area contributed by atoms with Crippen molar-refractivity contribution in [2.24, 2.45) is 5.92 Å². The molecule has 2 N–H and O–H groups in total. The van der Waals surface area contributed by atoms with E-state index < -0.39 is 0 Å². The van der Waals surface area contributed by atoms with Gasteiger partial charge in [0.15, 0.2) is 6.23 Å². The molecule has 6 nitrogen and oxygen atoms in total. The van der Waals surface area contributed by atoms with Gasteiger partial charge >= 0.3 is 0 Å². The van der Waals surface area contributed by atoms with Crippen LogP contribution in [0.3, 0.4) is 0 Å². The molecule has 5 rings (SSSR count). The maximum Gasteiger partial charge on any atom is 0.160 e. The van der Waals surface area contributed by atoms with Gasteiger partial charge in [0.25, 0.3) is 0 Å². The Morgan fingerprint density at radius 3 is 2.78 bits per heavy atom. The van der Waals surface area contributed by atoms with Crippen LogP contribution in [0, 0.1) is 5.92 Å². The predicted octanol–water partition coefficient (Wildman–Crippen LogP) is 5.59. The standard InChI is InChI=1S/C24H28ClN5OS/c1-16(24-26-10-13-32-24)30-11-8-17(9-12-30)14-27-20-5-3-2-4-19(20)22-23(31-22)29-21-7-6-18(25)15-28-21/h2-7,10,13,15-17,22-23,27H,8-9,11-12,14H2,1H3,(H,28,29)/t16-,22?,23?/m1/s1. The quantitative estimate of drug-likeness (QED) is 0.419. The molecule has 168 valence electrons. The zero-order valence-corrected chi connectivity index (χ0v) is 19.6. The Kier molecular flexibility index (Phi) is 6.59. The first kappa shape index (κ1) is 21.6. The molecule has 0 aliphatic carbocycles. The lowest BCUT2D eigenvalue weighted by molar-refractivity contribution is 0.145. The van der Waals surface area contributed by atoms with Crippen molar-refractivity contribution in [3.8, 4) is 0 Å². The number of nitrogens with zero attached hydrogens (tertiary/aromatic N) is 3. The highest BCUT2D eigenvalue weighted by Crippen LogP contribution is 2.42. The van der Waals surface area contributed by atoms with Gasteiger partial charge in [-0.15, -0.1) is 11.3 Å². The van der Waals surface area contributed by atoms with Gasteiger partial charge in [0.1, 0.15) is 16.9 Å². The average molecular weight is 470 g/mol. The van der Waals surface area contributed by atoms with E-state index in [1.165, 1.54) is 23.4 Å². The van der Waals surface area contributed by atoms with Gasteiger partial charge < -0.3 is 15.4 Å². The fraction of sp³-hybridized carbons (Fsp3) is 0.417. The molecule has 3 atom stereocenters. The van der Waals surface area contributed by atoms with E-state index in [1.807, 2.05) is 18.3 Å². The molecule has 4 heterocycles. The van der Waals surface area contributed by atoms with E-state index in [4.69, 9.17) is 16.3 Å². The number of halogens is 1. The van der Waals surface area contributed by atoms with Crippen LogP contribution in [0.4, 0.5) is 11.5 Å². The van der Waals surface area contributed by atoms with Crippen molar-refractivity contribution in [3.63, 3.8) is 0 Å². The van der Waals surface area contributed by atoms with Gasteiger partial charge in [-0.05, 0) is 57.0 Å². The predicted molar refractivity (Wildman–Crippen MR) is 130 cm³/mol. The molecule has 2 aliphatic heterocycles. The summed E-state index contributed by atoms with van der Waals surface area (Å²) in [6.45, 7) is 5.51. The van der Waals surface area contributed by atoms with Crippen LogP contribution >= 0.6 is 22.9 Å². The largest absolute Gasteiger partial charge is 0.384 e. The summed E-state index contributed by atoms with van der Waals surface area (Å²) in [6.07, 6.45) is 5.91. The lowest BCUT2D eigenvalue weighted by Gasteiger charge is -2.35. The van der Waals surface area contributed by atoms with Gasteiger partial charge in [-0.1, -0.05) is 29.8 Å². The molecule has 0 spiro atoms. The average Bonchev–Trinajstić information content (AvgIpc) is 3.36. The molecular weight excluding hydrogens is 442 g/mol. The van der Waals surface area contributed by atoms with Gasteiger partial charge in [-0.25, -0.2) is 9.97 Å². The number of ether oxygens (including phenoxy) is 1. The SMILES string of the molecule is C[C@H](c1nccs1)N1CCC(CNc2ccccc2C2OC2Nc2ccc(Cl)cn2)CC1. The smallest absolute Gasteiger partial charge is 0.160 e. The number of likely N-dealkylation sites (tertiary alicyclic amines) is 1. The number of hydrogen-bond acceptors (Lipinski definition) is 7. The number of aromatic nitrogens is 2. The van der Waals surface area contributed by atoms with Crippen LogP contribution in [-0.4, -0.2) is 40.7 Å². The molecule has 8 heteroatoms. The lowest BCUT2D eigenvalue weighted by Crippen LogP contribution is -2.37. The summed E-state index contributed by atoms with van der Waals surface area (Å²) >= 11 is 7.67. The van der Waals surface area contributed by atoms with Crippen LogP contribution < -0.4 is 10.6 Å². The maximum absolute atomic E-state index is 5.92. The second-order valence-electron chi connectivity index (χ2n) is 8.48. The third-order valence-electron chi connectivity index (χ3n) is 6.36. The molecule has 1 aromatic carbocycles. The molecular formula is C24H28ClN5OS. The minimum Gasteiger partial charge on any atom is -0.384 e. The number of piperidine rings is 1. The summed E-state index contributed by atoms with van der Waals surface area (Å²) in [5, 5.41) is 10.9. The molecule has 32 heavy (non-hydrogen) atoms.